The largest absolute Gasteiger partial charge is 0.0671 e. The molecule has 0 bridgehead atoms. The zero-order valence-electron chi connectivity index (χ0n) is 13.8. The normalized spacial score (nSPS) is 20.4. The minimum absolute atomic E-state index is 0.0615. The van der Waals surface area contributed by atoms with E-state index in [0.717, 1.165) is 5.40 Å². The summed E-state index contributed by atoms with van der Waals surface area (Å²) in [6.45, 7) is 0. The SMILES string of the molecule is c1ccc(P(c2ccccc2)[C@H]2CCC[P@@]2c2ccccc2)cc1. The lowest BCUT2D eigenvalue weighted by Crippen LogP contribution is -2.21. The molecule has 0 radical (unpaired) electrons. The molecule has 1 fully saturated rings. The van der Waals surface area contributed by atoms with Crippen molar-refractivity contribution in [1.29, 1.82) is 0 Å². The van der Waals surface area contributed by atoms with Crippen molar-refractivity contribution in [3.8, 4) is 0 Å². The Morgan fingerprint density at radius 3 is 1.71 bits per heavy atom. The first-order chi connectivity index (χ1) is 11.9. The summed E-state index contributed by atoms with van der Waals surface area (Å²) in [5.41, 5.74) is 0. The number of benzene rings is 3. The van der Waals surface area contributed by atoms with E-state index >= 15 is 0 Å². The average Bonchev–Trinajstić information content (AvgIpc) is 3.14. The Labute approximate surface area is 147 Å². The van der Waals surface area contributed by atoms with Crippen LogP contribution in [0.2, 0.25) is 0 Å². The van der Waals surface area contributed by atoms with Crippen LogP contribution in [0.25, 0.3) is 0 Å². The van der Waals surface area contributed by atoms with Gasteiger partial charge in [0.25, 0.3) is 0 Å². The lowest BCUT2D eigenvalue weighted by molar-refractivity contribution is 0.920. The molecule has 2 heteroatoms. The number of rotatable bonds is 4. The molecule has 0 saturated carbocycles. The Morgan fingerprint density at radius 1 is 0.667 bits per heavy atom. The quantitative estimate of drug-likeness (QED) is 0.579. The van der Waals surface area contributed by atoms with E-state index in [2.05, 4.69) is 91.0 Å². The zero-order valence-corrected chi connectivity index (χ0v) is 15.5. The van der Waals surface area contributed by atoms with Gasteiger partial charge in [-0.2, -0.15) is 0 Å². The van der Waals surface area contributed by atoms with Gasteiger partial charge in [-0.15, -0.1) is 0 Å². The van der Waals surface area contributed by atoms with Crippen LogP contribution >= 0.6 is 15.8 Å². The fraction of sp³-hybridized carbons (Fsp3) is 0.182. The second-order valence-electron chi connectivity index (χ2n) is 6.19. The molecule has 0 aliphatic carbocycles. The molecule has 0 nitrogen and oxygen atoms in total. The second-order valence-corrected chi connectivity index (χ2v) is 11.5. The Kier molecular flexibility index (Phi) is 5.07. The smallest absolute Gasteiger partial charge is 0.0115 e. The molecule has 0 N–H and O–H groups in total. The standard InChI is InChI=1S/C22H22P2/c1-4-11-19(12-5-1)23-18-10-17-22(23)24(20-13-6-2-7-14-20)21-15-8-3-9-16-21/h1-9,11-16,22H,10,17-18H2/t22-,23-/m0/s1. The Balaban J connectivity index is 1.76. The predicted octanol–water partition coefficient (Wildman–Crippen LogP) is 5.05. The lowest BCUT2D eigenvalue weighted by atomic mass is 10.4. The van der Waals surface area contributed by atoms with Crippen molar-refractivity contribution in [1.82, 2.24) is 0 Å². The van der Waals surface area contributed by atoms with Gasteiger partial charge in [0.2, 0.25) is 0 Å². The van der Waals surface area contributed by atoms with Crippen molar-refractivity contribution in [2.75, 3.05) is 6.16 Å². The molecular formula is C22H22P2. The molecule has 3 aromatic rings. The topological polar surface area (TPSA) is 0 Å². The van der Waals surface area contributed by atoms with Crippen LogP contribution in [0.3, 0.4) is 0 Å². The Hall–Kier alpha value is -1.48. The summed E-state index contributed by atoms with van der Waals surface area (Å²) in [6.07, 6.45) is 4.14. The summed E-state index contributed by atoms with van der Waals surface area (Å²) in [5, 5.41) is 5.47. The molecule has 0 unspecified atom stereocenters. The fourth-order valence-corrected chi connectivity index (χ4v) is 11.2. The third-order valence-electron chi connectivity index (χ3n) is 4.68. The van der Waals surface area contributed by atoms with Crippen LogP contribution in [-0.4, -0.2) is 11.6 Å². The van der Waals surface area contributed by atoms with Gasteiger partial charge in [0.05, 0.1) is 0 Å². The van der Waals surface area contributed by atoms with Crippen LogP contribution in [0.15, 0.2) is 91.0 Å². The van der Waals surface area contributed by atoms with Gasteiger partial charge in [-0.05, 0) is 42.8 Å². The molecule has 1 saturated heterocycles. The van der Waals surface area contributed by atoms with E-state index in [0.29, 0.717) is 0 Å². The third-order valence-corrected chi connectivity index (χ3v) is 11.5. The molecule has 1 aliphatic heterocycles. The van der Waals surface area contributed by atoms with Crippen molar-refractivity contribution in [3.63, 3.8) is 0 Å². The molecule has 120 valence electrons. The molecule has 1 heterocycles. The molecule has 2 atom stereocenters. The van der Waals surface area contributed by atoms with Gasteiger partial charge in [0, 0.05) is 5.40 Å². The summed E-state index contributed by atoms with van der Waals surface area (Å²) in [6, 6.07) is 33.7. The van der Waals surface area contributed by atoms with E-state index in [9.17, 15) is 0 Å². The highest BCUT2D eigenvalue weighted by atomic mass is 31.2. The molecule has 0 spiro atoms. The Bertz CT molecular complexity index is 716. The van der Waals surface area contributed by atoms with Crippen molar-refractivity contribution in [3.05, 3.63) is 91.0 Å². The van der Waals surface area contributed by atoms with E-state index in [-0.39, 0.29) is 15.8 Å². The first-order valence-electron chi connectivity index (χ1n) is 8.64. The van der Waals surface area contributed by atoms with Gasteiger partial charge in [-0.1, -0.05) is 98.9 Å². The summed E-state index contributed by atoms with van der Waals surface area (Å²) < 4.78 is 0. The molecule has 24 heavy (non-hydrogen) atoms. The van der Waals surface area contributed by atoms with Gasteiger partial charge in [0.15, 0.2) is 0 Å². The van der Waals surface area contributed by atoms with E-state index in [1.54, 1.807) is 5.30 Å². The highest BCUT2D eigenvalue weighted by Crippen LogP contribution is 2.62. The molecule has 4 rings (SSSR count). The van der Waals surface area contributed by atoms with Crippen LogP contribution in [0.4, 0.5) is 0 Å². The maximum Gasteiger partial charge on any atom is 0.0115 e. The van der Waals surface area contributed by atoms with E-state index < -0.39 is 0 Å². The van der Waals surface area contributed by atoms with Gasteiger partial charge < -0.3 is 0 Å². The highest BCUT2D eigenvalue weighted by Gasteiger charge is 2.35. The number of hydrogen-bond acceptors (Lipinski definition) is 0. The summed E-state index contributed by atoms with van der Waals surface area (Å²) >= 11 is 0. The first kappa shape index (κ1) is 16.0. The van der Waals surface area contributed by atoms with Crippen molar-refractivity contribution in [2.45, 2.75) is 18.2 Å². The summed E-state index contributed by atoms with van der Waals surface area (Å²) in [4.78, 5) is 0. The molecule has 0 aromatic heterocycles. The summed E-state index contributed by atoms with van der Waals surface area (Å²) in [5.74, 6) is 0. The van der Waals surface area contributed by atoms with E-state index in [1.807, 2.05) is 0 Å². The van der Waals surface area contributed by atoms with E-state index in [4.69, 9.17) is 0 Å². The van der Waals surface area contributed by atoms with Gasteiger partial charge in [0.1, 0.15) is 0 Å². The summed E-state index contributed by atoms with van der Waals surface area (Å²) in [7, 11) is -0.348. The minimum atomic E-state index is -0.286. The van der Waals surface area contributed by atoms with Gasteiger partial charge >= 0.3 is 0 Å². The van der Waals surface area contributed by atoms with Crippen LogP contribution in [0.5, 0.6) is 0 Å². The van der Waals surface area contributed by atoms with Crippen LogP contribution < -0.4 is 15.9 Å². The monoisotopic (exact) mass is 348 g/mol. The molecule has 3 aromatic carbocycles. The third kappa shape index (κ3) is 3.32. The van der Waals surface area contributed by atoms with Gasteiger partial charge in [-0.3, -0.25) is 0 Å². The van der Waals surface area contributed by atoms with Crippen molar-refractivity contribution in [2.24, 2.45) is 0 Å². The number of hydrogen-bond donors (Lipinski definition) is 0. The second kappa shape index (κ2) is 7.60. The van der Waals surface area contributed by atoms with Gasteiger partial charge in [-0.25, -0.2) is 0 Å². The van der Waals surface area contributed by atoms with Crippen LogP contribution in [-0.2, 0) is 0 Å². The average molecular weight is 348 g/mol. The zero-order chi connectivity index (χ0) is 16.2. The molecule has 1 aliphatic rings. The maximum absolute atomic E-state index is 2.35. The fourth-order valence-electron chi connectivity index (χ4n) is 3.61. The molecule has 0 amide bonds. The van der Waals surface area contributed by atoms with Crippen LogP contribution in [0.1, 0.15) is 12.8 Å². The molecular weight excluding hydrogens is 326 g/mol. The first-order valence-corrected chi connectivity index (χ1v) is 11.7. The van der Waals surface area contributed by atoms with Crippen molar-refractivity contribution >= 4 is 31.8 Å². The van der Waals surface area contributed by atoms with Crippen molar-refractivity contribution < 1.29 is 0 Å². The minimum Gasteiger partial charge on any atom is -0.0671 e. The highest BCUT2D eigenvalue weighted by molar-refractivity contribution is 7.86. The lowest BCUT2D eigenvalue weighted by Gasteiger charge is -2.30. The van der Waals surface area contributed by atoms with Crippen LogP contribution in [0, 0.1) is 0 Å². The maximum atomic E-state index is 2.35. The predicted molar refractivity (Wildman–Crippen MR) is 110 cm³/mol. The Morgan fingerprint density at radius 2 is 1.17 bits per heavy atom. The van der Waals surface area contributed by atoms with E-state index in [1.165, 1.54) is 29.6 Å².